The molecule has 1 saturated heterocycles. The largest absolute Gasteiger partial charge is 0.379 e. The molecule has 1 aliphatic rings. The van der Waals surface area contributed by atoms with Gasteiger partial charge < -0.3 is 15.0 Å². The molecule has 0 bridgehead atoms. The summed E-state index contributed by atoms with van der Waals surface area (Å²) in [5.74, 6) is -0.392. The van der Waals surface area contributed by atoms with E-state index in [4.69, 9.17) is 16.3 Å². The van der Waals surface area contributed by atoms with Crippen molar-refractivity contribution in [3.05, 3.63) is 68.6 Å². The predicted octanol–water partition coefficient (Wildman–Crippen LogP) is 2.14. The number of amides is 1. The number of hydrogen-bond donors (Lipinski definition) is 2. The Morgan fingerprint density at radius 1 is 1.27 bits per heavy atom. The highest BCUT2D eigenvalue weighted by atomic mass is 35.5. The van der Waals surface area contributed by atoms with Crippen LogP contribution in [0.5, 0.6) is 0 Å². The Kier molecular flexibility index (Phi) is 6.08. The molecule has 0 aliphatic carbocycles. The van der Waals surface area contributed by atoms with Crippen LogP contribution in [0.3, 0.4) is 0 Å². The molecular formula is C19H22ClN3O3. The third-order valence-electron chi connectivity index (χ3n) is 4.51. The molecule has 1 aromatic heterocycles. The number of benzene rings is 1. The van der Waals surface area contributed by atoms with Crippen LogP contribution in [0.15, 0.2) is 41.2 Å². The van der Waals surface area contributed by atoms with Crippen molar-refractivity contribution in [3.63, 3.8) is 0 Å². The number of H-pyrrole nitrogens is 1. The minimum absolute atomic E-state index is 0.0823. The normalized spacial score (nSPS) is 16.2. The van der Waals surface area contributed by atoms with Crippen LogP contribution in [0.1, 0.15) is 27.7 Å². The quantitative estimate of drug-likeness (QED) is 0.839. The van der Waals surface area contributed by atoms with E-state index in [1.165, 1.54) is 0 Å². The number of hydrogen-bond acceptors (Lipinski definition) is 4. The summed E-state index contributed by atoms with van der Waals surface area (Å²) < 4.78 is 5.43. The summed E-state index contributed by atoms with van der Waals surface area (Å²) in [6, 6.07) is 10.8. The van der Waals surface area contributed by atoms with E-state index in [2.05, 4.69) is 15.2 Å². The Bertz CT molecular complexity index is 831. The third-order valence-corrected chi connectivity index (χ3v) is 4.85. The lowest BCUT2D eigenvalue weighted by Crippen LogP contribution is -2.44. The smallest absolute Gasteiger partial charge is 0.260 e. The average molecular weight is 376 g/mol. The van der Waals surface area contributed by atoms with Gasteiger partial charge >= 0.3 is 0 Å². The second-order valence-electron chi connectivity index (χ2n) is 6.28. The van der Waals surface area contributed by atoms with Gasteiger partial charge in [0, 0.05) is 30.4 Å². The van der Waals surface area contributed by atoms with E-state index < -0.39 is 5.91 Å². The van der Waals surface area contributed by atoms with Gasteiger partial charge in [-0.1, -0.05) is 29.8 Å². The second kappa shape index (κ2) is 8.49. The molecule has 1 fully saturated rings. The summed E-state index contributed by atoms with van der Waals surface area (Å²) in [7, 11) is 0. The first-order chi connectivity index (χ1) is 12.6. The Labute approximate surface area is 157 Å². The van der Waals surface area contributed by atoms with Gasteiger partial charge in [-0.25, -0.2) is 0 Å². The number of pyridine rings is 1. The van der Waals surface area contributed by atoms with Crippen molar-refractivity contribution in [2.24, 2.45) is 0 Å². The van der Waals surface area contributed by atoms with E-state index in [0.29, 0.717) is 30.5 Å². The molecule has 0 unspecified atom stereocenters. The zero-order chi connectivity index (χ0) is 18.5. The molecule has 26 heavy (non-hydrogen) atoms. The predicted molar refractivity (Wildman–Crippen MR) is 101 cm³/mol. The maximum absolute atomic E-state index is 12.5. The standard InChI is InChI=1S/C19H22ClN3O3/c1-13-6-7-15(19(25)22-13)18(24)21-12-17(23-8-10-26-11-9-23)14-4-2-3-5-16(14)20/h2-7,17H,8-12H2,1H3,(H,21,24)(H,22,25)/t17-/m0/s1. The van der Waals surface area contributed by atoms with E-state index in [0.717, 1.165) is 18.7 Å². The number of aromatic nitrogens is 1. The number of aromatic amines is 1. The van der Waals surface area contributed by atoms with Gasteiger partial charge in [0.15, 0.2) is 0 Å². The molecule has 0 saturated carbocycles. The fourth-order valence-corrected chi connectivity index (χ4v) is 3.37. The fraction of sp³-hybridized carbons (Fsp3) is 0.368. The highest BCUT2D eigenvalue weighted by molar-refractivity contribution is 6.31. The van der Waals surface area contributed by atoms with Crippen LogP contribution < -0.4 is 10.9 Å². The monoisotopic (exact) mass is 375 g/mol. The van der Waals surface area contributed by atoms with Crippen LogP contribution in [0, 0.1) is 6.92 Å². The molecule has 1 amide bonds. The number of carbonyl (C=O) groups excluding carboxylic acids is 1. The molecule has 7 heteroatoms. The molecule has 2 aromatic rings. The zero-order valence-corrected chi connectivity index (χ0v) is 15.4. The van der Waals surface area contributed by atoms with Crippen molar-refractivity contribution in [2.75, 3.05) is 32.8 Å². The third kappa shape index (κ3) is 4.33. The summed E-state index contributed by atoms with van der Waals surface area (Å²) in [6.45, 7) is 4.94. The number of carbonyl (C=O) groups is 1. The van der Waals surface area contributed by atoms with Crippen LogP contribution >= 0.6 is 11.6 Å². The lowest BCUT2D eigenvalue weighted by atomic mass is 10.0. The molecule has 3 rings (SSSR count). The summed E-state index contributed by atoms with van der Waals surface area (Å²) in [6.07, 6.45) is 0. The second-order valence-corrected chi connectivity index (χ2v) is 6.69. The van der Waals surface area contributed by atoms with Gasteiger partial charge in [-0.05, 0) is 30.7 Å². The van der Waals surface area contributed by atoms with Gasteiger partial charge in [-0.3, -0.25) is 14.5 Å². The van der Waals surface area contributed by atoms with Crippen LogP contribution in [-0.4, -0.2) is 48.6 Å². The summed E-state index contributed by atoms with van der Waals surface area (Å²) in [5, 5.41) is 3.54. The maximum atomic E-state index is 12.5. The van der Waals surface area contributed by atoms with Gasteiger partial charge in [0.1, 0.15) is 5.56 Å². The van der Waals surface area contributed by atoms with Gasteiger partial charge in [0.05, 0.1) is 19.3 Å². The Morgan fingerprint density at radius 3 is 2.69 bits per heavy atom. The van der Waals surface area contributed by atoms with Gasteiger partial charge in [-0.2, -0.15) is 0 Å². The van der Waals surface area contributed by atoms with E-state index in [1.807, 2.05) is 24.3 Å². The molecule has 1 aliphatic heterocycles. The number of ether oxygens (including phenoxy) is 1. The van der Waals surface area contributed by atoms with E-state index in [9.17, 15) is 9.59 Å². The summed E-state index contributed by atoms with van der Waals surface area (Å²) >= 11 is 6.39. The lowest BCUT2D eigenvalue weighted by Gasteiger charge is -2.35. The number of nitrogens with one attached hydrogen (secondary N) is 2. The molecule has 1 aromatic carbocycles. The first-order valence-electron chi connectivity index (χ1n) is 8.60. The Morgan fingerprint density at radius 2 is 2.00 bits per heavy atom. The fourth-order valence-electron chi connectivity index (χ4n) is 3.11. The molecule has 1 atom stereocenters. The van der Waals surface area contributed by atoms with Crippen molar-refractivity contribution in [3.8, 4) is 0 Å². The number of halogens is 1. The highest BCUT2D eigenvalue weighted by Gasteiger charge is 2.25. The minimum atomic E-state index is -0.392. The molecule has 0 radical (unpaired) electrons. The number of morpholine rings is 1. The molecule has 138 valence electrons. The van der Waals surface area contributed by atoms with Crippen LogP contribution in [0.25, 0.3) is 0 Å². The van der Waals surface area contributed by atoms with E-state index in [1.54, 1.807) is 19.1 Å². The first kappa shape index (κ1) is 18.6. The van der Waals surface area contributed by atoms with E-state index in [-0.39, 0.29) is 17.2 Å². The number of aryl methyl sites for hydroxylation is 1. The molecule has 2 heterocycles. The van der Waals surface area contributed by atoms with Crippen molar-refractivity contribution in [2.45, 2.75) is 13.0 Å². The SMILES string of the molecule is Cc1ccc(C(=O)NC[C@@H](c2ccccc2Cl)N2CCOCC2)c(=O)[nH]1. The Balaban J connectivity index is 1.78. The maximum Gasteiger partial charge on any atom is 0.260 e. The van der Waals surface area contributed by atoms with Gasteiger partial charge in [-0.15, -0.1) is 0 Å². The minimum Gasteiger partial charge on any atom is -0.379 e. The van der Waals surface area contributed by atoms with Gasteiger partial charge in [0.25, 0.3) is 11.5 Å². The topological polar surface area (TPSA) is 74.4 Å². The van der Waals surface area contributed by atoms with Crippen molar-refractivity contribution in [1.29, 1.82) is 0 Å². The van der Waals surface area contributed by atoms with Crippen molar-refractivity contribution >= 4 is 17.5 Å². The average Bonchev–Trinajstić information content (AvgIpc) is 2.64. The van der Waals surface area contributed by atoms with Crippen LogP contribution in [0.4, 0.5) is 0 Å². The van der Waals surface area contributed by atoms with Gasteiger partial charge in [0.2, 0.25) is 0 Å². The molecule has 2 N–H and O–H groups in total. The van der Waals surface area contributed by atoms with Crippen LogP contribution in [-0.2, 0) is 4.74 Å². The zero-order valence-electron chi connectivity index (χ0n) is 14.6. The first-order valence-corrected chi connectivity index (χ1v) is 8.98. The number of nitrogens with zero attached hydrogens (tertiary/aromatic N) is 1. The van der Waals surface area contributed by atoms with Crippen LogP contribution in [0.2, 0.25) is 5.02 Å². The Hall–Kier alpha value is -2.15. The van der Waals surface area contributed by atoms with E-state index >= 15 is 0 Å². The molecule has 6 nitrogen and oxygen atoms in total. The van der Waals surface area contributed by atoms with Crippen molar-refractivity contribution < 1.29 is 9.53 Å². The number of rotatable bonds is 5. The highest BCUT2D eigenvalue weighted by Crippen LogP contribution is 2.27. The molecular weight excluding hydrogens is 354 g/mol. The summed E-state index contributed by atoms with van der Waals surface area (Å²) in [5.41, 5.74) is 1.39. The molecule has 0 spiro atoms. The lowest BCUT2D eigenvalue weighted by molar-refractivity contribution is 0.0162. The summed E-state index contributed by atoms with van der Waals surface area (Å²) in [4.78, 5) is 29.3. The van der Waals surface area contributed by atoms with Crippen molar-refractivity contribution in [1.82, 2.24) is 15.2 Å².